The normalized spacial score (nSPS) is 13.0. The molecule has 0 aliphatic carbocycles. The molecule has 0 radical (unpaired) electrons. The van der Waals surface area contributed by atoms with E-state index in [4.69, 9.17) is 0 Å². The van der Waals surface area contributed by atoms with Gasteiger partial charge in [0, 0.05) is 0 Å². The van der Waals surface area contributed by atoms with Gasteiger partial charge in [0.2, 0.25) is 0 Å². The van der Waals surface area contributed by atoms with Crippen molar-refractivity contribution in [1.82, 2.24) is 0 Å². The molecule has 0 amide bonds. The summed E-state index contributed by atoms with van der Waals surface area (Å²) in [5.74, 6) is 0.932. The fraction of sp³-hybridized carbons (Fsp3) is 0.875. The summed E-state index contributed by atoms with van der Waals surface area (Å²) in [6.45, 7) is 11.9. The predicted molar refractivity (Wildman–Crippen MR) is 163 cm³/mol. The van der Waals surface area contributed by atoms with Crippen molar-refractivity contribution < 1.29 is 0 Å². The Hall–Kier alpha value is 0.499. The molecule has 1 aromatic heterocycles. The van der Waals surface area contributed by atoms with Gasteiger partial charge in [-0.3, -0.25) is 0 Å². The zero-order valence-electron chi connectivity index (χ0n) is 24.2. The van der Waals surface area contributed by atoms with Crippen LogP contribution in [0.5, 0.6) is 0 Å². The van der Waals surface area contributed by atoms with Gasteiger partial charge in [-0.1, -0.05) is 6.92 Å². The zero-order chi connectivity index (χ0) is 24.9. The van der Waals surface area contributed by atoms with E-state index >= 15 is 0 Å². The second kappa shape index (κ2) is 21.6. The summed E-state index contributed by atoms with van der Waals surface area (Å²) >= 11 is 0.0662. The summed E-state index contributed by atoms with van der Waals surface area (Å²) in [6, 6.07) is 5.26. The standard InChI is InChI=1S/C20H35S.3C4H9.Sn/c1-3-5-7-9-10-12-15-19(14-11-8-6-4-2)18-20-16-13-17-21-20;3*1-3-4-2;/h13,16,19H,3-12,14-15,18H2,1-2H3;3*1,3-4H2,2H3;. The van der Waals surface area contributed by atoms with E-state index < -0.39 is 18.4 Å². The number of thiophene rings is 1. The first kappa shape index (κ1) is 32.5. The van der Waals surface area contributed by atoms with E-state index in [2.05, 4.69) is 58.1 Å². The van der Waals surface area contributed by atoms with Crippen molar-refractivity contribution in [3.63, 3.8) is 0 Å². The van der Waals surface area contributed by atoms with Gasteiger partial charge < -0.3 is 0 Å². The number of hydrogen-bond donors (Lipinski definition) is 0. The second-order valence-electron chi connectivity index (χ2n) is 11.3. The summed E-state index contributed by atoms with van der Waals surface area (Å²) in [4.78, 5) is 1.74. The van der Waals surface area contributed by atoms with E-state index in [9.17, 15) is 0 Å². The molecule has 0 spiro atoms. The average Bonchev–Trinajstić information content (AvgIpc) is 3.32. The van der Waals surface area contributed by atoms with E-state index in [1.54, 1.807) is 18.2 Å². The molecule has 1 heterocycles. The van der Waals surface area contributed by atoms with Gasteiger partial charge in [0.05, 0.1) is 0 Å². The van der Waals surface area contributed by atoms with Crippen LogP contribution in [0.3, 0.4) is 0 Å². The topological polar surface area (TPSA) is 0 Å². The van der Waals surface area contributed by atoms with E-state index in [1.165, 1.54) is 122 Å². The van der Waals surface area contributed by atoms with E-state index in [1.807, 2.05) is 2.89 Å². The van der Waals surface area contributed by atoms with Crippen molar-refractivity contribution in [2.45, 2.75) is 170 Å². The summed E-state index contributed by atoms with van der Waals surface area (Å²) in [5, 5.41) is 0. The molecule has 0 saturated heterocycles. The van der Waals surface area contributed by atoms with Crippen LogP contribution in [0, 0.1) is 5.92 Å². The van der Waals surface area contributed by atoms with Gasteiger partial charge >= 0.3 is 219 Å². The van der Waals surface area contributed by atoms with Gasteiger partial charge in [-0.25, -0.2) is 0 Å². The van der Waals surface area contributed by atoms with Gasteiger partial charge in [0.15, 0.2) is 0 Å². The van der Waals surface area contributed by atoms with Crippen LogP contribution in [0.15, 0.2) is 12.1 Å². The molecule has 0 N–H and O–H groups in total. The summed E-state index contributed by atoms with van der Waals surface area (Å²) in [5.41, 5.74) is 0. The Balaban J connectivity index is 2.85. The van der Waals surface area contributed by atoms with Crippen molar-refractivity contribution in [3.05, 3.63) is 17.0 Å². The average molecular weight is 598 g/mol. The number of hydrogen-bond acceptors (Lipinski definition) is 1. The van der Waals surface area contributed by atoms with E-state index in [0.29, 0.717) is 0 Å². The summed E-state index contributed by atoms with van der Waals surface area (Å²) in [6.07, 6.45) is 27.2. The zero-order valence-corrected chi connectivity index (χ0v) is 27.9. The van der Waals surface area contributed by atoms with Crippen LogP contribution in [0.2, 0.25) is 13.3 Å². The van der Waals surface area contributed by atoms with Crippen LogP contribution < -0.4 is 2.89 Å². The van der Waals surface area contributed by atoms with Crippen LogP contribution in [-0.4, -0.2) is 18.4 Å². The molecule has 34 heavy (non-hydrogen) atoms. The van der Waals surface area contributed by atoms with Crippen LogP contribution in [0.1, 0.15) is 155 Å². The van der Waals surface area contributed by atoms with Crippen molar-refractivity contribution in [3.8, 4) is 0 Å². The molecule has 1 aromatic rings. The predicted octanol–water partition coefficient (Wildman–Crippen LogP) is 11.7. The summed E-state index contributed by atoms with van der Waals surface area (Å²) in [7, 11) is 0. The molecule has 2 heteroatoms. The first-order valence-electron chi connectivity index (χ1n) is 15.7. The van der Waals surface area contributed by atoms with Crippen molar-refractivity contribution in [2.24, 2.45) is 5.92 Å². The maximum absolute atomic E-state index is 2.66. The van der Waals surface area contributed by atoms with Crippen LogP contribution in [0.25, 0.3) is 0 Å². The van der Waals surface area contributed by atoms with Gasteiger partial charge in [-0.15, -0.1) is 0 Å². The van der Waals surface area contributed by atoms with Gasteiger partial charge in [0.25, 0.3) is 0 Å². The van der Waals surface area contributed by atoms with Crippen LogP contribution in [-0.2, 0) is 6.42 Å². The van der Waals surface area contributed by atoms with Gasteiger partial charge in [0.1, 0.15) is 0 Å². The fourth-order valence-electron chi connectivity index (χ4n) is 5.77. The molecular formula is C32H62SSn. The van der Waals surface area contributed by atoms with E-state index in [0.717, 1.165) is 5.92 Å². The van der Waals surface area contributed by atoms with Gasteiger partial charge in [-0.2, -0.15) is 0 Å². The second-order valence-corrected chi connectivity index (χ2v) is 26.7. The molecule has 1 atom stereocenters. The third kappa shape index (κ3) is 13.7. The van der Waals surface area contributed by atoms with E-state index in [-0.39, 0.29) is 0 Å². The Bertz CT molecular complexity index is 541. The van der Waals surface area contributed by atoms with Crippen molar-refractivity contribution in [2.75, 3.05) is 0 Å². The Labute approximate surface area is 224 Å². The monoisotopic (exact) mass is 598 g/mol. The summed E-state index contributed by atoms with van der Waals surface area (Å²) < 4.78 is 6.79. The number of rotatable bonds is 24. The van der Waals surface area contributed by atoms with Crippen LogP contribution in [0.4, 0.5) is 0 Å². The van der Waals surface area contributed by atoms with Crippen LogP contribution >= 0.6 is 11.3 Å². The number of unbranched alkanes of at least 4 members (excludes halogenated alkanes) is 11. The molecule has 0 aromatic carbocycles. The molecular weight excluding hydrogens is 535 g/mol. The first-order valence-corrected chi connectivity index (χ1v) is 24.0. The molecule has 0 saturated carbocycles. The Morgan fingerprint density at radius 3 is 1.50 bits per heavy atom. The first-order chi connectivity index (χ1) is 16.7. The molecule has 0 aliphatic rings. The third-order valence-corrected chi connectivity index (χ3v) is 27.5. The molecule has 0 aliphatic heterocycles. The molecule has 0 bridgehead atoms. The molecule has 200 valence electrons. The molecule has 1 unspecified atom stereocenters. The fourth-order valence-corrected chi connectivity index (χ4v) is 26.2. The van der Waals surface area contributed by atoms with Gasteiger partial charge in [-0.05, 0) is 0 Å². The Morgan fingerprint density at radius 1 is 0.559 bits per heavy atom. The molecule has 0 nitrogen and oxygen atoms in total. The quantitative estimate of drug-likeness (QED) is 0.0822. The Morgan fingerprint density at radius 2 is 1.00 bits per heavy atom. The minimum atomic E-state index is -2.24. The molecule has 1 rings (SSSR count). The van der Waals surface area contributed by atoms with Crippen molar-refractivity contribution in [1.29, 1.82) is 0 Å². The SMILES string of the molecule is CCCCCCCCC(CCCCCC)Cc1cc[c]([Sn]([CH2]CCC)([CH2]CCC)[CH2]CCC)s1. The Kier molecular flexibility index (Phi) is 20.6. The maximum atomic E-state index is 2.66. The third-order valence-electron chi connectivity index (χ3n) is 8.13. The van der Waals surface area contributed by atoms with Crippen molar-refractivity contribution >= 4 is 32.6 Å². The molecule has 0 fully saturated rings. The minimum absolute atomic E-state index is 0.932.